The molecule has 1 unspecified atom stereocenters. The van der Waals surface area contributed by atoms with Crippen molar-refractivity contribution in [1.29, 1.82) is 0 Å². The van der Waals surface area contributed by atoms with Crippen LogP contribution in [0.15, 0.2) is 24.3 Å². The van der Waals surface area contributed by atoms with E-state index in [1.54, 1.807) is 18.2 Å². The van der Waals surface area contributed by atoms with E-state index in [0.717, 1.165) is 13.0 Å². The summed E-state index contributed by atoms with van der Waals surface area (Å²) in [4.78, 5) is 2.09. The zero-order valence-corrected chi connectivity index (χ0v) is 12.4. The van der Waals surface area contributed by atoms with Gasteiger partial charge >= 0.3 is 6.61 Å². The fraction of sp³-hybridized carbons (Fsp3) is 0.600. The highest BCUT2D eigenvalue weighted by atomic mass is 19.3. The lowest BCUT2D eigenvalue weighted by atomic mass is 10.0. The van der Waals surface area contributed by atoms with Crippen LogP contribution in [0.1, 0.15) is 31.9 Å². The molecule has 3 nitrogen and oxygen atoms in total. The van der Waals surface area contributed by atoms with Crippen LogP contribution in [0, 0.1) is 5.92 Å². The minimum atomic E-state index is -2.82. The summed E-state index contributed by atoms with van der Waals surface area (Å²) in [7, 11) is 1.96. The van der Waals surface area contributed by atoms with Crippen molar-refractivity contribution in [2.45, 2.75) is 32.9 Å². The van der Waals surface area contributed by atoms with Crippen molar-refractivity contribution in [3.05, 3.63) is 29.8 Å². The molecule has 0 aliphatic rings. The molecule has 0 saturated heterocycles. The summed E-state index contributed by atoms with van der Waals surface area (Å²) in [5.74, 6) is 0.790. The lowest BCUT2D eigenvalue weighted by molar-refractivity contribution is -0.0510. The standard InChI is InChI=1S/C15H24F2N2O/c1-11(2)8-9-19(3)13(10-18)12-6-4-5-7-14(12)20-15(16)17/h4-7,11,13,15H,8-10,18H2,1-3H3. The Morgan fingerprint density at radius 2 is 1.90 bits per heavy atom. The third kappa shape index (κ3) is 5.06. The monoisotopic (exact) mass is 286 g/mol. The van der Waals surface area contributed by atoms with Gasteiger partial charge in [-0.25, -0.2) is 0 Å². The van der Waals surface area contributed by atoms with Crippen molar-refractivity contribution in [3.63, 3.8) is 0 Å². The second kappa shape index (κ2) is 8.17. The number of alkyl halides is 2. The van der Waals surface area contributed by atoms with Gasteiger partial charge in [0.05, 0.1) is 6.04 Å². The quantitative estimate of drug-likeness (QED) is 0.797. The molecule has 0 aromatic heterocycles. The van der Waals surface area contributed by atoms with Crippen molar-refractivity contribution in [2.24, 2.45) is 11.7 Å². The number of para-hydroxylation sites is 1. The molecule has 0 spiro atoms. The SMILES string of the molecule is CC(C)CCN(C)C(CN)c1ccccc1OC(F)F. The molecule has 114 valence electrons. The van der Waals surface area contributed by atoms with Crippen molar-refractivity contribution in [2.75, 3.05) is 20.1 Å². The van der Waals surface area contributed by atoms with Gasteiger partial charge in [-0.2, -0.15) is 8.78 Å². The van der Waals surface area contributed by atoms with E-state index in [-0.39, 0.29) is 11.8 Å². The molecule has 1 aromatic carbocycles. The Labute approximate surface area is 119 Å². The molecule has 0 fully saturated rings. The first-order valence-corrected chi connectivity index (χ1v) is 6.89. The van der Waals surface area contributed by atoms with E-state index >= 15 is 0 Å². The highest BCUT2D eigenvalue weighted by Gasteiger charge is 2.20. The number of likely N-dealkylation sites (N-methyl/N-ethyl adjacent to an activating group) is 1. The largest absolute Gasteiger partial charge is 0.434 e. The molecule has 5 heteroatoms. The summed E-state index contributed by atoms with van der Waals surface area (Å²) >= 11 is 0. The van der Waals surface area contributed by atoms with Gasteiger partial charge < -0.3 is 10.5 Å². The summed E-state index contributed by atoms with van der Waals surface area (Å²) < 4.78 is 29.5. The average Bonchev–Trinajstić information content (AvgIpc) is 2.38. The number of hydrogen-bond donors (Lipinski definition) is 1. The topological polar surface area (TPSA) is 38.5 Å². The van der Waals surface area contributed by atoms with Crippen LogP contribution in [0.2, 0.25) is 0 Å². The lowest BCUT2D eigenvalue weighted by Gasteiger charge is -2.29. The molecule has 0 aliphatic carbocycles. The van der Waals surface area contributed by atoms with Gasteiger partial charge in [0, 0.05) is 12.1 Å². The van der Waals surface area contributed by atoms with Crippen LogP contribution >= 0.6 is 0 Å². The second-order valence-electron chi connectivity index (χ2n) is 5.33. The predicted octanol–water partition coefficient (Wildman–Crippen LogP) is 3.27. The van der Waals surface area contributed by atoms with Crippen molar-refractivity contribution < 1.29 is 13.5 Å². The highest BCUT2D eigenvalue weighted by molar-refractivity contribution is 5.36. The minimum Gasteiger partial charge on any atom is -0.434 e. The van der Waals surface area contributed by atoms with Crippen LogP contribution in [0.5, 0.6) is 5.75 Å². The maximum Gasteiger partial charge on any atom is 0.387 e. The molecule has 1 atom stereocenters. The van der Waals surface area contributed by atoms with Crippen molar-refractivity contribution >= 4 is 0 Å². The van der Waals surface area contributed by atoms with E-state index < -0.39 is 6.61 Å². The highest BCUT2D eigenvalue weighted by Crippen LogP contribution is 2.29. The molecule has 0 heterocycles. The minimum absolute atomic E-state index is 0.122. The van der Waals surface area contributed by atoms with Gasteiger partial charge in [-0.1, -0.05) is 32.0 Å². The number of rotatable bonds is 8. The van der Waals surface area contributed by atoms with E-state index in [0.29, 0.717) is 18.0 Å². The summed E-state index contributed by atoms with van der Waals surface area (Å²) in [6.07, 6.45) is 1.03. The van der Waals surface area contributed by atoms with E-state index in [1.165, 1.54) is 0 Å². The molecular formula is C15H24F2N2O. The zero-order chi connectivity index (χ0) is 15.1. The smallest absolute Gasteiger partial charge is 0.387 e. The Morgan fingerprint density at radius 1 is 1.25 bits per heavy atom. The van der Waals surface area contributed by atoms with Crippen LogP contribution in [-0.2, 0) is 0 Å². The summed E-state index contributed by atoms with van der Waals surface area (Å²) in [6, 6.07) is 6.72. The Kier molecular flexibility index (Phi) is 6.88. The molecule has 0 amide bonds. The first kappa shape index (κ1) is 16.9. The predicted molar refractivity (Wildman–Crippen MR) is 77.0 cm³/mol. The molecule has 0 bridgehead atoms. The maximum absolute atomic E-state index is 12.5. The van der Waals surface area contributed by atoms with Crippen LogP contribution in [0.25, 0.3) is 0 Å². The van der Waals surface area contributed by atoms with Gasteiger partial charge in [-0.05, 0) is 32.0 Å². The van der Waals surface area contributed by atoms with Gasteiger partial charge in [-0.3, -0.25) is 4.90 Å². The van der Waals surface area contributed by atoms with E-state index in [1.807, 2.05) is 13.1 Å². The molecular weight excluding hydrogens is 262 g/mol. The van der Waals surface area contributed by atoms with Crippen LogP contribution < -0.4 is 10.5 Å². The Bertz CT molecular complexity index is 399. The number of halogens is 2. The third-order valence-corrected chi connectivity index (χ3v) is 3.31. The Hall–Kier alpha value is -1.20. The third-order valence-electron chi connectivity index (χ3n) is 3.31. The number of nitrogens with zero attached hydrogens (tertiary/aromatic N) is 1. The maximum atomic E-state index is 12.5. The van der Waals surface area contributed by atoms with Gasteiger partial charge in [0.2, 0.25) is 0 Å². The molecule has 20 heavy (non-hydrogen) atoms. The van der Waals surface area contributed by atoms with Crippen LogP contribution in [-0.4, -0.2) is 31.6 Å². The van der Waals surface area contributed by atoms with Crippen LogP contribution in [0.3, 0.4) is 0 Å². The first-order chi connectivity index (χ1) is 9.45. The lowest BCUT2D eigenvalue weighted by Crippen LogP contribution is -2.32. The van der Waals surface area contributed by atoms with Gasteiger partial charge in [0.25, 0.3) is 0 Å². The zero-order valence-electron chi connectivity index (χ0n) is 12.4. The molecule has 0 saturated carbocycles. The normalized spacial score (nSPS) is 13.2. The Morgan fingerprint density at radius 3 is 2.45 bits per heavy atom. The fourth-order valence-electron chi connectivity index (χ4n) is 2.12. The van der Waals surface area contributed by atoms with Crippen molar-refractivity contribution in [1.82, 2.24) is 4.90 Å². The first-order valence-electron chi connectivity index (χ1n) is 6.89. The average molecular weight is 286 g/mol. The summed E-state index contributed by atoms with van der Waals surface area (Å²) in [5.41, 5.74) is 6.54. The number of ether oxygens (including phenoxy) is 1. The molecule has 0 radical (unpaired) electrons. The fourth-order valence-corrected chi connectivity index (χ4v) is 2.12. The van der Waals surface area contributed by atoms with E-state index in [2.05, 4.69) is 23.5 Å². The summed E-state index contributed by atoms with van der Waals surface area (Å²) in [6.45, 7) is 2.70. The number of nitrogens with two attached hydrogens (primary N) is 1. The Balaban J connectivity index is 2.88. The molecule has 1 rings (SSSR count). The van der Waals surface area contributed by atoms with E-state index in [9.17, 15) is 8.78 Å². The summed E-state index contributed by atoms with van der Waals surface area (Å²) in [5, 5.41) is 0. The molecule has 1 aromatic rings. The van der Waals surface area contributed by atoms with Crippen molar-refractivity contribution in [3.8, 4) is 5.75 Å². The molecule has 2 N–H and O–H groups in total. The van der Waals surface area contributed by atoms with Gasteiger partial charge in [-0.15, -0.1) is 0 Å². The van der Waals surface area contributed by atoms with E-state index in [4.69, 9.17) is 5.73 Å². The molecule has 0 aliphatic heterocycles. The van der Waals surface area contributed by atoms with Gasteiger partial charge in [0.15, 0.2) is 0 Å². The second-order valence-corrected chi connectivity index (χ2v) is 5.33. The van der Waals surface area contributed by atoms with Crippen LogP contribution in [0.4, 0.5) is 8.78 Å². The van der Waals surface area contributed by atoms with Gasteiger partial charge in [0.1, 0.15) is 5.75 Å². The number of benzene rings is 1. The number of hydrogen-bond acceptors (Lipinski definition) is 3.